The molecule has 0 aliphatic carbocycles. The fraction of sp³-hybridized carbons (Fsp3) is 0.444. The van der Waals surface area contributed by atoms with Gasteiger partial charge in [-0.3, -0.25) is 4.79 Å². The molecule has 0 radical (unpaired) electrons. The quantitative estimate of drug-likeness (QED) is 0.521. The Morgan fingerprint density at radius 3 is 1.80 bits per heavy atom. The molecular weight excluding hydrogens is 124 g/mol. The molecule has 0 heterocycles. The van der Waals surface area contributed by atoms with Crippen molar-refractivity contribution in [2.24, 2.45) is 0 Å². The maximum Gasteiger partial charge on any atom is 0.156 e. The largest absolute Gasteiger partial charge is 0.298 e. The zero-order valence-corrected chi connectivity index (χ0v) is 6.32. The predicted molar refractivity (Wildman–Crippen MR) is 41.1 cm³/mol. The molecule has 0 spiro atoms. The fourth-order valence-corrected chi connectivity index (χ4v) is 0.436. The molecule has 0 N–H and O–H groups in total. The first-order chi connectivity index (χ1) is 4.81. The van der Waals surface area contributed by atoms with E-state index in [0.29, 0.717) is 12.8 Å². The standard InChI is InChI=1S/C9H10O/c1-3-5-7-9(10)8-6-4-2/h7-8H2,1-2H3. The highest BCUT2D eigenvalue weighted by molar-refractivity contribution is 5.82. The van der Waals surface area contributed by atoms with Crippen LogP contribution in [0, 0.1) is 23.7 Å². The van der Waals surface area contributed by atoms with Gasteiger partial charge in [-0.1, -0.05) is 11.8 Å². The molecule has 1 nitrogen and oxygen atoms in total. The Morgan fingerprint density at radius 2 is 1.50 bits per heavy atom. The summed E-state index contributed by atoms with van der Waals surface area (Å²) in [5.41, 5.74) is 0. The fourth-order valence-electron chi connectivity index (χ4n) is 0.436. The summed E-state index contributed by atoms with van der Waals surface area (Å²) in [7, 11) is 0. The Labute approximate surface area is 61.8 Å². The van der Waals surface area contributed by atoms with Crippen molar-refractivity contribution in [2.75, 3.05) is 0 Å². The van der Waals surface area contributed by atoms with Crippen LogP contribution in [0.3, 0.4) is 0 Å². The van der Waals surface area contributed by atoms with Crippen LogP contribution in [0.1, 0.15) is 26.7 Å². The van der Waals surface area contributed by atoms with Crippen LogP contribution in [0.5, 0.6) is 0 Å². The number of carbonyl (C=O) groups is 1. The van der Waals surface area contributed by atoms with Gasteiger partial charge in [-0.25, -0.2) is 0 Å². The zero-order valence-electron chi connectivity index (χ0n) is 6.32. The zero-order chi connectivity index (χ0) is 7.82. The van der Waals surface area contributed by atoms with Crippen molar-refractivity contribution < 1.29 is 4.79 Å². The molecule has 0 atom stereocenters. The summed E-state index contributed by atoms with van der Waals surface area (Å²) < 4.78 is 0. The predicted octanol–water partition coefficient (Wildman–Crippen LogP) is 1.38. The second-order valence-electron chi connectivity index (χ2n) is 1.75. The van der Waals surface area contributed by atoms with E-state index in [1.165, 1.54) is 0 Å². The van der Waals surface area contributed by atoms with Gasteiger partial charge in [-0.2, -0.15) is 0 Å². The molecule has 0 saturated heterocycles. The number of rotatable bonds is 2. The highest BCUT2D eigenvalue weighted by Crippen LogP contribution is 1.85. The van der Waals surface area contributed by atoms with Crippen molar-refractivity contribution in [3.05, 3.63) is 0 Å². The molecule has 0 fully saturated rings. The van der Waals surface area contributed by atoms with Crippen LogP contribution in [0.15, 0.2) is 0 Å². The van der Waals surface area contributed by atoms with Crippen molar-refractivity contribution in [1.82, 2.24) is 0 Å². The molecule has 0 aromatic carbocycles. The van der Waals surface area contributed by atoms with Crippen LogP contribution in [-0.2, 0) is 4.79 Å². The third kappa shape index (κ3) is 4.94. The van der Waals surface area contributed by atoms with Crippen LogP contribution < -0.4 is 0 Å². The smallest absolute Gasteiger partial charge is 0.156 e. The molecule has 0 aromatic rings. The van der Waals surface area contributed by atoms with Gasteiger partial charge in [-0.15, -0.1) is 11.8 Å². The number of Topliss-reactive ketones (excluding diaryl/α,β-unsaturated/α-hetero) is 1. The van der Waals surface area contributed by atoms with E-state index in [1.54, 1.807) is 13.8 Å². The Bertz CT molecular complexity index is 193. The lowest BCUT2D eigenvalue weighted by Crippen LogP contribution is -1.92. The van der Waals surface area contributed by atoms with E-state index in [1.807, 2.05) is 0 Å². The molecule has 10 heavy (non-hydrogen) atoms. The molecule has 0 unspecified atom stereocenters. The maximum absolute atomic E-state index is 10.8. The van der Waals surface area contributed by atoms with Gasteiger partial charge in [0, 0.05) is 0 Å². The summed E-state index contributed by atoms with van der Waals surface area (Å²) in [4.78, 5) is 10.8. The number of ketones is 1. The first-order valence-electron chi connectivity index (χ1n) is 3.12. The molecular formula is C9H10O. The van der Waals surface area contributed by atoms with Gasteiger partial charge in [0.1, 0.15) is 0 Å². The first kappa shape index (κ1) is 8.79. The number of hydrogen-bond acceptors (Lipinski definition) is 1. The molecule has 0 bridgehead atoms. The van der Waals surface area contributed by atoms with Gasteiger partial charge in [0.25, 0.3) is 0 Å². The average Bonchev–Trinajstić information content (AvgIpc) is 1.97. The van der Waals surface area contributed by atoms with E-state index in [2.05, 4.69) is 23.7 Å². The third-order valence-corrected chi connectivity index (χ3v) is 0.925. The SMILES string of the molecule is CC#CCC(=O)CC#CC. The van der Waals surface area contributed by atoms with Gasteiger partial charge in [0.05, 0.1) is 12.8 Å². The Balaban J connectivity index is 3.58. The van der Waals surface area contributed by atoms with Crippen LogP contribution in [0.2, 0.25) is 0 Å². The molecule has 0 aliphatic rings. The summed E-state index contributed by atoms with van der Waals surface area (Å²) in [6.07, 6.45) is 0.677. The Morgan fingerprint density at radius 1 is 1.10 bits per heavy atom. The number of hydrogen-bond donors (Lipinski definition) is 0. The molecule has 0 aliphatic heterocycles. The summed E-state index contributed by atoms with van der Waals surface area (Å²) in [6, 6.07) is 0. The van der Waals surface area contributed by atoms with Crippen molar-refractivity contribution in [2.45, 2.75) is 26.7 Å². The Hall–Kier alpha value is -1.21. The summed E-state index contributed by atoms with van der Waals surface area (Å²) >= 11 is 0. The van der Waals surface area contributed by atoms with Crippen molar-refractivity contribution >= 4 is 5.78 Å². The van der Waals surface area contributed by atoms with Crippen LogP contribution in [0.25, 0.3) is 0 Å². The second kappa shape index (κ2) is 5.92. The third-order valence-electron chi connectivity index (χ3n) is 0.925. The van der Waals surface area contributed by atoms with Crippen molar-refractivity contribution in [1.29, 1.82) is 0 Å². The van der Waals surface area contributed by atoms with Crippen LogP contribution in [-0.4, -0.2) is 5.78 Å². The average molecular weight is 134 g/mol. The van der Waals surface area contributed by atoms with Gasteiger partial charge in [0.2, 0.25) is 0 Å². The van der Waals surface area contributed by atoms with E-state index in [-0.39, 0.29) is 5.78 Å². The number of carbonyl (C=O) groups excluding carboxylic acids is 1. The Kier molecular flexibility index (Phi) is 5.20. The van der Waals surface area contributed by atoms with Crippen molar-refractivity contribution in [3.8, 4) is 23.7 Å². The summed E-state index contributed by atoms with van der Waals surface area (Å²) in [5, 5.41) is 0. The molecule has 0 rings (SSSR count). The lowest BCUT2D eigenvalue weighted by Gasteiger charge is -1.83. The summed E-state index contributed by atoms with van der Waals surface area (Å²) in [6.45, 7) is 3.44. The van der Waals surface area contributed by atoms with Gasteiger partial charge in [-0.05, 0) is 13.8 Å². The first-order valence-corrected chi connectivity index (χ1v) is 3.12. The molecule has 0 aromatic heterocycles. The monoisotopic (exact) mass is 134 g/mol. The topological polar surface area (TPSA) is 17.1 Å². The van der Waals surface area contributed by atoms with Gasteiger partial charge < -0.3 is 0 Å². The van der Waals surface area contributed by atoms with E-state index in [9.17, 15) is 4.79 Å². The lowest BCUT2D eigenvalue weighted by molar-refractivity contribution is -0.117. The molecule has 0 amide bonds. The van der Waals surface area contributed by atoms with Gasteiger partial charge >= 0.3 is 0 Å². The van der Waals surface area contributed by atoms with Crippen molar-refractivity contribution in [3.63, 3.8) is 0 Å². The van der Waals surface area contributed by atoms with E-state index < -0.39 is 0 Å². The maximum atomic E-state index is 10.8. The minimum atomic E-state index is 0.101. The summed E-state index contributed by atoms with van der Waals surface area (Å²) in [5.74, 6) is 10.8. The van der Waals surface area contributed by atoms with Crippen LogP contribution >= 0.6 is 0 Å². The second-order valence-corrected chi connectivity index (χ2v) is 1.75. The van der Waals surface area contributed by atoms with E-state index in [4.69, 9.17) is 0 Å². The van der Waals surface area contributed by atoms with Crippen LogP contribution in [0.4, 0.5) is 0 Å². The normalized spacial score (nSPS) is 6.60. The molecule has 0 saturated carbocycles. The highest BCUT2D eigenvalue weighted by Gasteiger charge is 1.93. The minimum Gasteiger partial charge on any atom is -0.298 e. The van der Waals surface area contributed by atoms with E-state index in [0.717, 1.165) is 0 Å². The van der Waals surface area contributed by atoms with Gasteiger partial charge in [0.15, 0.2) is 5.78 Å². The minimum absolute atomic E-state index is 0.101. The highest BCUT2D eigenvalue weighted by atomic mass is 16.1. The molecule has 52 valence electrons. The van der Waals surface area contributed by atoms with E-state index >= 15 is 0 Å². The lowest BCUT2D eigenvalue weighted by atomic mass is 10.2. The molecule has 1 heteroatoms.